The van der Waals surface area contributed by atoms with Gasteiger partial charge in [0, 0.05) is 24.3 Å². The van der Waals surface area contributed by atoms with Gasteiger partial charge in [0.05, 0.1) is 16.8 Å². The second-order valence-electron chi connectivity index (χ2n) is 4.88. The summed E-state index contributed by atoms with van der Waals surface area (Å²) in [7, 11) is -3.77. The van der Waals surface area contributed by atoms with Crippen molar-refractivity contribution < 1.29 is 12.8 Å². The molecule has 0 spiro atoms. The fourth-order valence-corrected chi connectivity index (χ4v) is 2.77. The molecule has 1 aromatic heterocycles. The van der Waals surface area contributed by atoms with Crippen LogP contribution in [-0.2, 0) is 16.6 Å². The quantitative estimate of drug-likeness (QED) is 0.759. The molecule has 0 amide bonds. The van der Waals surface area contributed by atoms with Crippen molar-refractivity contribution >= 4 is 15.7 Å². The number of anilines is 1. The van der Waals surface area contributed by atoms with E-state index in [9.17, 15) is 12.8 Å². The van der Waals surface area contributed by atoms with E-state index in [1.54, 1.807) is 0 Å². The normalized spacial score (nSPS) is 11.8. The van der Waals surface area contributed by atoms with Gasteiger partial charge >= 0.3 is 0 Å². The third-order valence-corrected chi connectivity index (χ3v) is 4.16. The monoisotopic (exact) mass is 312 g/mol. The Morgan fingerprint density at radius 3 is 2.76 bits per heavy atom. The Bertz CT molecular complexity index is 699. The molecule has 0 saturated heterocycles. The van der Waals surface area contributed by atoms with Crippen LogP contribution in [0.3, 0.4) is 0 Å². The molecule has 114 valence electrons. The summed E-state index contributed by atoms with van der Waals surface area (Å²) in [6, 6.07) is 3.89. The Kier molecular flexibility index (Phi) is 4.59. The fourth-order valence-electron chi connectivity index (χ4n) is 1.69. The van der Waals surface area contributed by atoms with Crippen molar-refractivity contribution in [1.82, 2.24) is 15.5 Å². The number of aromatic amines is 1. The number of benzene rings is 1. The van der Waals surface area contributed by atoms with E-state index in [0.29, 0.717) is 11.3 Å². The van der Waals surface area contributed by atoms with E-state index in [2.05, 4.69) is 20.2 Å². The molecule has 0 bridgehead atoms. The van der Waals surface area contributed by atoms with Crippen LogP contribution in [0.2, 0.25) is 0 Å². The molecule has 2 rings (SSSR count). The third-order valence-electron chi connectivity index (χ3n) is 2.78. The van der Waals surface area contributed by atoms with Gasteiger partial charge in [-0.3, -0.25) is 9.82 Å². The molecule has 0 saturated carbocycles. The van der Waals surface area contributed by atoms with Gasteiger partial charge in [-0.15, -0.1) is 0 Å². The van der Waals surface area contributed by atoms with Gasteiger partial charge in [0.1, 0.15) is 5.82 Å². The van der Waals surface area contributed by atoms with Crippen molar-refractivity contribution in [2.45, 2.75) is 31.3 Å². The first-order valence-corrected chi connectivity index (χ1v) is 7.90. The first-order chi connectivity index (χ1) is 9.88. The number of hydrogen-bond donors (Lipinski definition) is 3. The highest BCUT2D eigenvalue weighted by Gasteiger charge is 2.17. The van der Waals surface area contributed by atoms with E-state index in [1.165, 1.54) is 24.5 Å². The average Bonchev–Trinajstić information content (AvgIpc) is 2.89. The number of aromatic nitrogens is 2. The Morgan fingerprint density at radius 1 is 1.38 bits per heavy atom. The maximum absolute atomic E-state index is 13.7. The van der Waals surface area contributed by atoms with E-state index in [4.69, 9.17) is 0 Å². The molecule has 3 N–H and O–H groups in total. The summed E-state index contributed by atoms with van der Waals surface area (Å²) in [6.45, 7) is 4.12. The van der Waals surface area contributed by atoms with Crippen molar-refractivity contribution in [2.24, 2.45) is 0 Å². The summed E-state index contributed by atoms with van der Waals surface area (Å²) in [5.41, 5.74) is 0.625. The molecule has 1 aromatic carbocycles. The molecule has 0 aliphatic carbocycles. The second-order valence-corrected chi connectivity index (χ2v) is 6.56. The molecule has 0 aliphatic rings. The summed E-state index contributed by atoms with van der Waals surface area (Å²) in [4.78, 5) is 0.00524. The minimum absolute atomic E-state index is 0.00524. The number of sulfonamides is 1. The van der Waals surface area contributed by atoms with Crippen LogP contribution in [0.1, 0.15) is 19.4 Å². The smallest absolute Gasteiger partial charge is 0.262 e. The SMILES string of the molecule is CC(C)NCc1cc(S(=O)(=O)Nc2cn[nH]c2)ccc1F. The third kappa shape index (κ3) is 4.02. The van der Waals surface area contributed by atoms with E-state index in [0.717, 1.165) is 6.07 Å². The molecule has 0 unspecified atom stereocenters. The molecule has 1 heterocycles. The molecule has 2 aromatic rings. The maximum atomic E-state index is 13.7. The topological polar surface area (TPSA) is 86.9 Å². The summed E-state index contributed by atoms with van der Waals surface area (Å²) in [6.07, 6.45) is 2.77. The lowest BCUT2D eigenvalue weighted by molar-refractivity contribution is 0.551. The lowest BCUT2D eigenvalue weighted by Crippen LogP contribution is -2.23. The number of nitrogens with zero attached hydrogens (tertiary/aromatic N) is 1. The molecular formula is C13H17FN4O2S. The first-order valence-electron chi connectivity index (χ1n) is 6.42. The zero-order valence-corrected chi connectivity index (χ0v) is 12.5. The Hall–Kier alpha value is -1.93. The van der Waals surface area contributed by atoms with Crippen molar-refractivity contribution in [3.63, 3.8) is 0 Å². The minimum Gasteiger partial charge on any atom is -0.310 e. The van der Waals surface area contributed by atoms with E-state index >= 15 is 0 Å². The van der Waals surface area contributed by atoms with Crippen molar-refractivity contribution in [1.29, 1.82) is 0 Å². The zero-order valence-electron chi connectivity index (χ0n) is 11.7. The summed E-state index contributed by atoms with van der Waals surface area (Å²) in [5, 5.41) is 9.23. The van der Waals surface area contributed by atoms with Crippen molar-refractivity contribution in [3.05, 3.63) is 42.0 Å². The highest BCUT2D eigenvalue weighted by Crippen LogP contribution is 2.18. The van der Waals surface area contributed by atoms with E-state index in [1.807, 2.05) is 13.8 Å². The lowest BCUT2D eigenvalue weighted by Gasteiger charge is -2.11. The summed E-state index contributed by atoms with van der Waals surface area (Å²) >= 11 is 0. The fraction of sp³-hybridized carbons (Fsp3) is 0.308. The Morgan fingerprint density at radius 2 is 2.14 bits per heavy atom. The molecule has 0 fully saturated rings. The van der Waals surface area contributed by atoms with Crippen molar-refractivity contribution in [3.8, 4) is 0 Å². The van der Waals surface area contributed by atoms with Gasteiger partial charge in [-0.25, -0.2) is 12.8 Å². The maximum Gasteiger partial charge on any atom is 0.262 e. The summed E-state index contributed by atoms with van der Waals surface area (Å²) < 4.78 is 40.5. The molecular weight excluding hydrogens is 295 g/mol. The van der Waals surface area contributed by atoms with E-state index in [-0.39, 0.29) is 17.5 Å². The molecule has 21 heavy (non-hydrogen) atoms. The van der Waals surface area contributed by atoms with Gasteiger partial charge in [-0.1, -0.05) is 13.8 Å². The zero-order chi connectivity index (χ0) is 15.5. The van der Waals surface area contributed by atoms with Crippen LogP contribution in [-0.4, -0.2) is 24.7 Å². The molecule has 6 nitrogen and oxygen atoms in total. The van der Waals surface area contributed by atoms with Gasteiger partial charge in [0.2, 0.25) is 0 Å². The predicted molar refractivity (Wildman–Crippen MR) is 77.8 cm³/mol. The van der Waals surface area contributed by atoms with Crippen LogP contribution in [0.4, 0.5) is 10.1 Å². The van der Waals surface area contributed by atoms with Crippen LogP contribution in [0.15, 0.2) is 35.5 Å². The van der Waals surface area contributed by atoms with Gasteiger partial charge in [-0.2, -0.15) is 5.10 Å². The van der Waals surface area contributed by atoms with Crippen LogP contribution in [0.25, 0.3) is 0 Å². The van der Waals surface area contributed by atoms with Crippen LogP contribution < -0.4 is 10.0 Å². The first kappa shape index (κ1) is 15.5. The summed E-state index contributed by atoms with van der Waals surface area (Å²) in [5.74, 6) is -0.439. The molecule has 0 radical (unpaired) electrons. The molecule has 0 aliphatic heterocycles. The van der Waals surface area contributed by atoms with Crippen LogP contribution in [0, 0.1) is 5.82 Å². The minimum atomic E-state index is -3.77. The van der Waals surface area contributed by atoms with Crippen LogP contribution in [0.5, 0.6) is 0 Å². The largest absolute Gasteiger partial charge is 0.310 e. The number of nitrogens with one attached hydrogen (secondary N) is 3. The van der Waals surface area contributed by atoms with Gasteiger partial charge < -0.3 is 5.32 Å². The Balaban J connectivity index is 2.25. The number of halogens is 1. The number of hydrogen-bond acceptors (Lipinski definition) is 4. The van der Waals surface area contributed by atoms with E-state index < -0.39 is 15.8 Å². The van der Waals surface area contributed by atoms with Gasteiger partial charge in [0.25, 0.3) is 10.0 Å². The van der Waals surface area contributed by atoms with Gasteiger partial charge in [-0.05, 0) is 18.2 Å². The van der Waals surface area contributed by atoms with Crippen molar-refractivity contribution in [2.75, 3.05) is 4.72 Å². The molecule has 8 heteroatoms. The highest BCUT2D eigenvalue weighted by molar-refractivity contribution is 7.92. The number of rotatable bonds is 6. The van der Waals surface area contributed by atoms with Crippen LogP contribution >= 0.6 is 0 Å². The average molecular weight is 312 g/mol. The Labute approximate surface area is 122 Å². The molecule has 0 atom stereocenters. The number of H-pyrrole nitrogens is 1. The highest BCUT2D eigenvalue weighted by atomic mass is 32.2. The predicted octanol–water partition coefficient (Wildman–Crippen LogP) is 1.85. The second kappa shape index (κ2) is 6.23. The standard InChI is InChI=1S/C13H17FN4O2S/c1-9(2)15-6-10-5-12(3-4-13(10)14)21(19,20)18-11-7-16-17-8-11/h3-5,7-9,15,18H,6H2,1-2H3,(H,16,17). The van der Waals surface area contributed by atoms with Gasteiger partial charge in [0.15, 0.2) is 0 Å². The lowest BCUT2D eigenvalue weighted by atomic mass is 10.2.